The molecule has 0 radical (unpaired) electrons. The molecule has 0 atom stereocenters. The van der Waals surface area contributed by atoms with Crippen LogP contribution in [0.2, 0.25) is 0 Å². The molecule has 0 bridgehead atoms. The van der Waals surface area contributed by atoms with Crippen molar-refractivity contribution in [2.45, 2.75) is 13.3 Å². The summed E-state index contributed by atoms with van der Waals surface area (Å²) in [4.78, 5) is 0. The third-order valence-electron chi connectivity index (χ3n) is 1.30. The maximum atomic E-state index is 5.41. The van der Waals surface area contributed by atoms with Gasteiger partial charge < -0.3 is 14.7 Å². The smallest absolute Gasteiger partial charge is 0.238 e. The van der Waals surface area contributed by atoms with E-state index >= 15 is 0 Å². The predicted molar refractivity (Wildman–Crippen MR) is 46.5 cm³/mol. The Kier molecular flexibility index (Phi) is 7.28. The van der Waals surface area contributed by atoms with E-state index in [1.54, 1.807) is 7.11 Å². The van der Waals surface area contributed by atoms with Crippen LogP contribution in [-0.4, -0.2) is 41.2 Å². The quantitative estimate of drug-likeness (QED) is 0.525. The van der Waals surface area contributed by atoms with Crippen molar-refractivity contribution < 1.29 is 4.43 Å². The summed E-state index contributed by atoms with van der Waals surface area (Å²) in [6, 6.07) is 0. The lowest BCUT2D eigenvalue weighted by atomic mass is 10.5. The Hall–Kier alpha value is 0.0969. The minimum Gasteiger partial charge on any atom is -0.411 e. The summed E-state index contributed by atoms with van der Waals surface area (Å²) in [6.07, 6.45) is 1.19. The first kappa shape index (κ1) is 10.1. The van der Waals surface area contributed by atoms with E-state index in [0.29, 0.717) is 0 Å². The maximum absolute atomic E-state index is 5.41. The van der Waals surface area contributed by atoms with Crippen LogP contribution in [0.3, 0.4) is 0 Å². The molecule has 0 heterocycles. The third-order valence-corrected chi connectivity index (χ3v) is 2.55. The summed E-state index contributed by atoms with van der Waals surface area (Å²) in [5.41, 5.74) is 5.41. The Morgan fingerprint density at radius 3 is 2.60 bits per heavy atom. The second-order valence-corrected chi connectivity index (χ2v) is 4.05. The molecule has 3 nitrogen and oxygen atoms in total. The van der Waals surface area contributed by atoms with E-state index in [0.717, 1.165) is 19.6 Å². The fourth-order valence-electron chi connectivity index (χ4n) is 0.922. The molecule has 0 aromatic carbocycles. The highest BCUT2D eigenvalue weighted by atomic mass is 28.2. The van der Waals surface area contributed by atoms with Crippen molar-refractivity contribution in [1.29, 1.82) is 0 Å². The summed E-state index contributed by atoms with van der Waals surface area (Å²) >= 11 is 0. The van der Waals surface area contributed by atoms with Crippen LogP contribution in [0.1, 0.15) is 13.3 Å². The fourth-order valence-corrected chi connectivity index (χ4v) is 2.04. The molecule has 0 saturated carbocycles. The highest BCUT2D eigenvalue weighted by molar-refractivity contribution is 6.23. The molecular formula is C6H18N2OSi. The van der Waals surface area contributed by atoms with Crippen molar-refractivity contribution in [3.05, 3.63) is 0 Å². The first-order valence-corrected chi connectivity index (χ1v) is 4.97. The zero-order valence-corrected chi connectivity index (χ0v) is 8.38. The van der Waals surface area contributed by atoms with Crippen molar-refractivity contribution in [2.24, 2.45) is 5.73 Å². The Labute approximate surface area is 65.6 Å². The maximum Gasteiger partial charge on any atom is 0.238 e. The summed E-state index contributed by atoms with van der Waals surface area (Å²) in [5, 5.41) is 0. The number of nitrogens with zero attached hydrogens (tertiary/aromatic N) is 1. The summed E-state index contributed by atoms with van der Waals surface area (Å²) in [7, 11) is 1.34. The van der Waals surface area contributed by atoms with E-state index in [2.05, 4.69) is 11.5 Å². The van der Waals surface area contributed by atoms with Crippen LogP contribution >= 0.6 is 0 Å². The van der Waals surface area contributed by atoms with Crippen molar-refractivity contribution in [3.63, 3.8) is 0 Å². The van der Waals surface area contributed by atoms with Gasteiger partial charge in [-0.05, 0) is 13.0 Å². The standard InChI is InChI=1S/C6H18N2OSi/c1-3-5-8(6-4-7)10-9-2/h3-7,10H2,1-2H3. The summed E-state index contributed by atoms with van der Waals surface area (Å²) in [5.74, 6) is 0. The van der Waals surface area contributed by atoms with E-state index in [1.807, 2.05) is 0 Å². The van der Waals surface area contributed by atoms with Gasteiger partial charge in [-0.1, -0.05) is 6.92 Å². The van der Waals surface area contributed by atoms with Gasteiger partial charge in [-0.2, -0.15) is 0 Å². The zero-order chi connectivity index (χ0) is 7.82. The second-order valence-electron chi connectivity index (χ2n) is 2.32. The van der Waals surface area contributed by atoms with Gasteiger partial charge in [0.05, 0.1) is 0 Å². The topological polar surface area (TPSA) is 38.5 Å². The highest BCUT2D eigenvalue weighted by Gasteiger charge is 2.00. The van der Waals surface area contributed by atoms with Crippen LogP contribution in [0.5, 0.6) is 0 Å². The summed E-state index contributed by atoms with van der Waals surface area (Å²) < 4.78 is 7.45. The lowest BCUT2D eigenvalue weighted by Crippen LogP contribution is -2.34. The molecule has 62 valence electrons. The van der Waals surface area contributed by atoms with E-state index in [4.69, 9.17) is 10.2 Å². The van der Waals surface area contributed by atoms with Crippen molar-refractivity contribution in [1.82, 2.24) is 4.57 Å². The summed E-state index contributed by atoms with van der Waals surface area (Å²) in [6.45, 7) is 5.05. The first-order valence-electron chi connectivity index (χ1n) is 3.76. The average Bonchev–Trinajstić information content (AvgIpc) is 1.90. The fraction of sp³-hybridized carbons (Fsp3) is 1.00. The van der Waals surface area contributed by atoms with Gasteiger partial charge >= 0.3 is 0 Å². The Balaban J connectivity index is 3.30. The van der Waals surface area contributed by atoms with Crippen LogP contribution in [0, 0.1) is 0 Å². The molecule has 0 spiro atoms. The van der Waals surface area contributed by atoms with E-state index in [1.165, 1.54) is 6.42 Å². The van der Waals surface area contributed by atoms with Gasteiger partial charge in [0, 0.05) is 20.2 Å². The average molecular weight is 162 g/mol. The van der Waals surface area contributed by atoms with Gasteiger partial charge in [-0.3, -0.25) is 0 Å². The molecule has 4 heteroatoms. The van der Waals surface area contributed by atoms with Crippen molar-refractivity contribution in [3.8, 4) is 0 Å². The lowest BCUT2D eigenvalue weighted by Gasteiger charge is -2.18. The Morgan fingerprint density at radius 1 is 1.50 bits per heavy atom. The number of hydrogen-bond acceptors (Lipinski definition) is 3. The number of rotatable bonds is 6. The first-order chi connectivity index (χ1) is 4.85. The molecule has 0 saturated heterocycles. The van der Waals surface area contributed by atoms with Crippen molar-refractivity contribution in [2.75, 3.05) is 26.7 Å². The van der Waals surface area contributed by atoms with Gasteiger partial charge in [0.2, 0.25) is 9.92 Å². The largest absolute Gasteiger partial charge is 0.411 e. The molecule has 0 aliphatic rings. The molecule has 0 rings (SSSR count). The molecule has 0 amide bonds. The SMILES string of the molecule is CCCN(CCN)[SiH2]OC. The van der Waals surface area contributed by atoms with Crippen LogP contribution in [0.15, 0.2) is 0 Å². The molecule has 0 aliphatic carbocycles. The molecule has 0 aliphatic heterocycles. The van der Waals surface area contributed by atoms with E-state index in [9.17, 15) is 0 Å². The minimum absolute atomic E-state index is 0.433. The van der Waals surface area contributed by atoms with Crippen LogP contribution in [0.25, 0.3) is 0 Å². The monoisotopic (exact) mass is 162 g/mol. The molecule has 10 heavy (non-hydrogen) atoms. The third kappa shape index (κ3) is 4.93. The highest BCUT2D eigenvalue weighted by Crippen LogP contribution is 1.86. The van der Waals surface area contributed by atoms with Gasteiger partial charge in [0.25, 0.3) is 0 Å². The molecular weight excluding hydrogens is 144 g/mol. The van der Waals surface area contributed by atoms with Gasteiger partial charge in [-0.25, -0.2) is 0 Å². The normalized spacial score (nSPS) is 12.0. The minimum atomic E-state index is -0.433. The van der Waals surface area contributed by atoms with Gasteiger partial charge in [0.15, 0.2) is 0 Å². The zero-order valence-electron chi connectivity index (χ0n) is 6.97. The van der Waals surface area contributed by atoms with Gasteiger partial charge in [0.1, 0.15) is 0 Å². The lowest BCUT2D eigenvalue weighted by molar-refractivity contribution is 0.341. The molecule has 2 N–H and O–H groups in total. The van der Waals surface area contributed by atoms with E-state index in [-0.39, 0.29) is 0 Å². The van der Waals surface area contributed by atoms with Crippen LogP contribution in [-0.2, 0) is 4.43 Å². The van der Waals surface area contributed by atoms with E-state index < -0.39 is 9.92 Å². The molecule has 0 aromatic rings. The molecule has 0 unspecified atom stereocenters. The van der Waals surface area contributed by atoms with Crippen LogP contribution in [0.4, 0.5) is 0 Å². The number of hydrogen-bond donors (Lipinski definition) is 1. The Bertz CT molecular complexity index is 58.5. The van der Waals surface area contributed by atoms with Crippen LogP contribution < -0.4 is 5.73 Å². The second kappa shape index (κ2) is 7.21. The predicted octanol–water partition coefficient (Wildman–Crippen LogP) is -0.698. The van der Waals surface area contributed by atoms with Gasteiger partial charge in [-0.15, -0.1) is 0 Å². The number of nitrogens with two attached hydrogens (primary N) is 1. The Morgan fingerprint density at radius 2 is 2.20 bits per heavy atom. The molecule has 0 fully saturated rings. The molecule has 0 aromatic heterocycles. The van der Waals surface area contributed by atoms with Crippen molar-refractivity contribution >= 4 is 9.92 Å².